The van der Waals surface area contributed by atoms with Crippen molar-refractivity contribution in [1.82, 2.24) is 9.36 Å². The molecule has 6 heteroatoms. The predicted molar refractivity (Wildman–Crippen MR) is 68.8 cm³/mol. The fourth-order valence-corrected chi connectivity index (χ4v) is 3.55. The molecule has 0 aliphatic heterocycles. The maximum absolute atomic E-state index is 11.8. The fraction of sp³-hybridized carbons (Fsp3) is 0.300. The van der Waals surface area contributed by atoms with Crippen LogP contribution in [0, 0.1) is 13.8 Å². The van der Waals surface area contributed by atoms with Crippen molar-refractivity contribution in [2.45, 2.75) is 18.2 Å². The first-order valence-electron chi connectivity index (χ1n) is 4.68. The summed E-state index contributed by atoms with van der Waals surface area (Å²) >= 11 is 4.34. The number of ketones is 1. The largest absolute Gasteiger partial charge is 0.292 e. The molecule has 0 aromatic carbocycles. The Bertz CT molecular complexity index is 504. The first-order valence-corrected chi connectivity index (χ1v) is 7.25. The minimum Gasteiger partial charge on any atom is -0.292 e. The number of thiophene rings is 1. The molecule has 2 aromatic rings. The molecule has 16 heavy (non-hydrogen) atoms. The van der Waals surface area contributed by atoms with Crippen molar-refractivity contribution in [1.29, 1.82) is 0 Å². The van der Waals surface area contributed by atoms with Crippen molar-refractivity contribution in [3.8, 4) is 0 Å². The van der Waals surface area contributed by atoms with Crippen molar-refractivity contribution in [2.24, 2.45) is 0 Å². The molecule has 0 saturated heterocycles. The van der Waals surface area contributed by atoms with Gasteiger partial charge in [0.15, 0.2) is 10.1 Å². The second kappa shape index (κ2) is 5.07. The lowest BCUT2D eigenvalue weighted by molar-refractivity contribution is 0.102. The minimum atomic E-state index is 0.163. The van der Waals surface area contributed by atoms with Gasteiger partial charge < -0.3 is 0 Å². The van der Waals surface area contributed by atoms with E-state index in [1.165, 1.54) is 28.2 Å². The van der Waals surface area contributed by atoms with Crippen LogP contribution in [0.1, 0.15) is 20.4 Å². The summed E-state index contributed by atoms with van der Waals surface area (Å²) in [4.78, 5) is 18.0. The van der Waals surface area contributed by atoms with Crippen LogP contribution in [-0.2, 0) is 0 Å². The van der Waals surface area contributed by atoms with E-state index in [1.54, 1.807) is 11.3 Å². The van der Waals surface area contributed by atoms with E-state index >= 15 is 0 Å². The summed E-state index contributed by atoms with van der Waals surface area (Å²) in [6.07, 6.45) is 0. The quantitative estimate of drug-likeness (QED) is 0.632. The smallest absolute Gasteiger partial charge is 0.183 e. The van der Waals surface area contributed by atoms with Crippen molar-refractivity contribution in [2.75, 3.05) is 5.75 Å². The SMILES string of the molecule is Cc1nsc(SCC(=O)c2ccc(C)s2)n1. The van der Waals surface area contributed by atoms with E-state index in [0.717, 1.165) is 15.0 Å². The number of hydrogen-bond acceptors (Lipinski definition) is 6. The molecule has 2 heterocycles. The normalized spacial score (nSPS) is 10.6. The molecular formula is C10H10N2OS3. The van der Waals surface area contributed by atoms with E-state index in [2.05, 4.69) is 9.36 Å². The molecular weight excluding hydrogens is 260 g/mol. The molecule has 0 saturated carbocycles. The number of thioether (sulfide) groups is 1. The Balaban J connectivity index is 1.93. The van der Waals surface area contributed by atoms with Crippen LogP contribution >= 0.6 is 34.6 Å². The summed E-state index contributed by atoms with van der Waals surface area (Å²) < 4.78 is 4.93. The fourth-order valence-electron chi connectivity index (χ4n) is 1.12. The van der Waals surface area contributed by atoms with Gasteiger partial charge in [0.2, 0.25) is 0 Å². The van der Waals surface area contributed by atoms with Gasteiger partial charge in [-0.05, 0) is 37.5 Å². The molecule has 0 bridgehead atoms. The molecule has 3 nitrogen and oxygen atoms in total. The molecule has 0 fully saturated rings. The second-order valence-corrected chi connectivity index (χ2v) is 6.49. The number of rotatable bonds is 4. The Morgan fingerprint density at radius 2 is 2.25 bits per heavy atom. The monoisotopic (exact) mass is 270 g/mol. The van der Waals surface area contributed by atoms with Gasteiger partial charge >= 0.3 is 0 Å². The lowest BCUT2D eigenvalue weighted by Crippen LogP contribution is -1.98. The average Bonchev–Trinajstić information content (AvgIpc) is 2.84. The lowest BCUT2D eigenvalue weighted by Gasteiger charge is -1.94. The molecule has 0 unspecified atom stereocenters. The van der Waals surface area contributed by atoms with Gasteiger partial charge in [0.1, 0.15) is 5.82 Å². The van der Waals surface area contributed by atoms with E-state index in [4.69, 9.17) is 0 Å². The number of aromatic nitrogens is 2. The zero-order valence-corrected chi connectivity index (χ0v) is 11.3. The molecule has 0 atom stereocenters. The Kier molecular flexibility index (Phi) is 3.73. The Morgan fingerprint density at radius 1 is 1.44 bits per heavy atom. The molecule has 0 aliphatic rings. The van der Waals surface area contributed by atoms with Gasteiger partial charge in [-0.25, -0.2) is 4.98 Å². The summed E-state index contributed by atoms with van der Waals surface area (Å²) in [5.41, 5.74) is 0. The van der Waals surface area contributed by atoms with E-state index < -0.39 is 0 Å². The summed E-state index contributed by atoms with van der Waals surface area (Å²) in [6.45, 7) is 3.85. The van der Waals surface area contributed by atoms with Crippen molar-refractivity contribution >= 4 is 40.4 Å². The van der Waals surface area contributed by atoms with Gasteiger partial charge in [-0.1, -0.05) is 11.8 Å². The lowest BCUT2D eigenvalue weighted by atomic mass is 10.3. The topological polar surface area (TPSA) is 42.9 Å². The van der Waals surface area contributed by atoms with Crippen LogP contribution in [0.4, 0.5) is 0 Å². The van der Waals surface area contributed by atoms with Crippen molar-refractivity contribution in [3.05, 3.63) is 27.7 Å². The first-order chi connectivity index (χ1) is 7.65. The van der Waals surface area contributed by atoms with E-state index in [1.807, 2.05) is 26.0 Å². The van der Waals surface area contributed by atoms with E-state index in [9.17, 15) is 4.79 Å². The number of carbonyl (C=O) groups excluding carboxylic acids is 1. The Labute approximate surface area is 106 Å². The highest BCUT2D eigenvalue weighted by molar-refractivity contribution is 8.01. The maximum Gasteiger partial charge on any atom is 0.183 e. The Hall–Kier alpha value is -0.720. The minimum absolute atomic E-state index is 0.163. The first kappa shape index (κ1) is 11.8. The summed E-state index contributed by atoms with van der Waals surface area (Å²) in [7, 11) is 0. The van der Waals surface area contributed by atoms with Crippen LogP contribution in [0.2, 0.25) is 0 Å². The van der Waals surface area contributed by atoms with Gasteiger partial charge in [-0.15, -0.1) is 11.3 Å². The number of aryl methyl sites for hydroxylation is 2. The molecule has 0 spiro atoms. The van der Waals surface area contributed by atoms with Crippen molar-refractivity contribution < 1.29 is 4.79 Å². The predicted octanol–water partition coefficient (Wildman–Crippen LogP) is 3.19. The van der Waals surface area contributed by atoms with E-state index in [-0.39, 0.29) is 5.78 Å². The number of nitrogens with zero attached hydrogens (tertiary/aromatic N) is 2. The van der Waals surface area contributed by atoms with Gasteiger partial charge in [0.25, 0.3) is 0 Å². The molecule has 0 aliphatic carbocycles. The standard InChI is InChI=1S/C10H10N2OS3/c1-6-3-4-9(15-6)8(13)5-14-10-11-7(2)12-16-10/h3-4H,5H2,1-2H3. The van der Waals surface area contributed by atoms with Crippen LogP contribution in [0.5, 0.6) is 0 Å². The highest BCUT2D eigenvalue weighted by Crippen LogP contribution is 2.23. The number of hydrogen-bond donors (Lipinski definition) is 0. The maximum atomic E-state index is 11.8. The van der Waals surface area contributed by atoms with E-state index in [0.29, 0.717) is 5.75 Å². The summed E-state index contributed by atoms with van der Waals surface area (Å²) in [5.74, 6) is 1.37. The third-order valence-electron chi connectivity index (χ3n) is 1.85. The highest BCUT2D eigenvalue weighted by atomic mass is 32.2. The molecule has 0 N–H and O–H groups in total. The van der Waals surface area contributed by atoms with Crippen LogP contribution in [-0.4, -0.2) is 20.9 Å². The number of carbonyl (C=O) groups is 1. The van der Waals surface area contributed by atoms with Crippen LogP contribution in [0.3, 0.4) is 0 Å². The average molecular weight is 270 g/mol. The molecule has 2 aromatic heterocycles. The van der Waals surface area contributed by atoms with Gasteiger partial charge in [0.05, 0.1) is 10.6 Å². The van der Waals surface area contributed by atoms with Crippen molar-refractivity contribution in [3.63, 3.8) is 0 Å². The third-order valence-corrected chi connectivity index (χ3v) is 4.82. The van der Waals surface area contributed by atoms with Gasteiger partial charge in [-0.2, -0.15) is 4.37 Å². The van der Waals surface area contributed by atoms with Crippen LogP contribution < -0.4 is 0 Å². The molecule has 0 amide bonds. The zero-order valence-electron chi connectivity index (χ0n) is 8.89. The van der Waals surface area contributed by atoms with Crippen LogP contribution in [0.15, 0.2) is 16.5 Å². The summed E-state index contributed by atoms with van der Waals surface area (Å²) in [6, 6.07) is 3.85. The molecule has 0 radical (unpaired) electrons. The highest BCUT2D eigenvalue weighted by Gasteiger charge is 2.10. The summed E-state index contributed by atoms with van der Waals surface area (Å²) in [5, 5.41) is 0. The van der Waals surface area contributed by atoms with Gasteiger partial charge in [0, 0.05) is 4.88 Å². The zero-order chi connectivity index (χ0) is 11.5. The second-order valence-electron chi connectivity index (χ2n) is 3.23. The van der Waals surface area contributed by atoms with Gasteiger partial charge in [-0.3, -0.25) is 4.79 Å². The molecule has 2 rings (SSSR count). The van der Waals surface area contributed by atoms with Crippen LogP contribution in [0.25, 0.3) is 0 Å². The molecule has 84 valence electrons. The third kappa shape index (κ3) is 2.90. The Morgan fingerprint density at radius 3 is 2.81 bits per heavy atom. The number of Topliss-reactive ketones (excluding diaryl/α,β-unsaturated/α-hetero) is 1.